The normalized spacial score (nSPS) is 12.5. The molecule has 0 unspecified atom stereocenters. The Kier molecular flexibility index (Phi) is 4.25. The maximum absolute atomic E-state index is 12.4. The van der Waals surface area contributed by atoms with Gasteiger partial charge in [0.05, 0.1) is 15.1 Å². The number of para-hydroxylation sites is 1. The molecule has 3 rings (SSSR count). The standard InChI is InChI=1S/C16H15N3O3S2/c1-11(20)12-6-5-7-13(10-12)24(21,22)18-17-16-19(2)14-8-3-4-9-15(14)23-16/h3-10,18H,1-2H3. The van der Waals surface area contributed by atoms with Crippen molar-refractivity contribution >= 4 is 37.4 Å². The van der Waals surface area contributed by atoms with Crippen molar-refractivity contribution in [3.8, 4) is 0 Å². The highest BCUT2D eigenvalue weighted by molar-refractivity contribution is 7.89. The van der Waals surface area contributed by atoms with Gasteiger partial charge in [-0.25, -0.2) is 0 Å². The molecule has 0 bridgehead atoms. The lowest BCUT2D eigenvalue weighted by Crippen LogP contribution is -2.23. The molecule has 1 aromatic heterocycles. The van der Waals surface area contributed by atoms with E-state index in [1.165, 1.54) is 36.5 Å². The SMILES string of the molecule is CC(=O)c1cccc(S(=O)(=O)NN=c2sc3ccccc3n2C)c1. The summed E-state index contributed by atoms with van der Waals surface area (Å²) < 4.78 is 27.6. The number of ketones is 1. The highest BCUT2D eigenvalue weighted by Crippen LogP contribution is 2.15. The van der Waals surface area contributed by atoms with Crippen molar-refractivity contribution in [3.05, 3.63) is 58.9 Å². The van der Waals surface area contributed by atoms with Gasteiger partial charge in [0.1, 0.15) is 0 Å². The van der Waals surface area contributed by atoms with Crippen LogP contribution in [0.25, 0.3) is 10.2 Å². The van der Waals surface area contributed by atoms with Crippen LogP contribution in [0.15, 0.2) is 58.5 Å². The number of fused-ring (bicyclic) bond motifs is 1. The molecule has 124 valence electrons. The highest BCUT2D eigenvalue weighted by atomic mass is 32.2. The average Bonchev–Trinajstić information content (AvgIpc) is 2.90. The van der Waals surface area contributed by atoms with Crippen molar-refractivity contribution in [2.45, 2.75) is 11.8 Å². The molecule has 0 aliphatic heterocycles. The molecule has 8 heteroatoms. The van der Waals surface area contributed by atoms with E-state index in [1.807, 2.05) is 35.9 Å². The summed E-state index contributed by atoms with van der Waals surface area (Å²) in [6.45, 7) is 1.39. The lowest BCUT2D eigenvalue weighted by molar-refractivity contribution is 0.101. The van der Waals surface area contributed by atoms with Crippen molar-refractivity contribution in [2.24, 2.45) is 12.1 Å². The molecule has 24 heavy (non-hydrogen) atoms. The summed E-state index contributed by atoms with van der Waals surface area (Å²) >= 11 is 1.38. The van der Waals surface area contributed by atoms with Crippen LogP contribution in [0, 0.1) is 0 Å². The second-order valence-corrected chi connectivity index (χ2v) is 7.87. The van der Waals surface area contributed by atoms with Gasteiger partial charge < -0.3 is 4.57 Å². The number of carbonyl (C=O) groups is 1. The Hall–Kier alpha value is -2.45. The molecular weight excluding hydrogens is 346 g/mol. The van der Waals surface area contributed by atoms with E-state index in [4.69, 9.17) is 0 Å². The number of aromatic nitrogens is 1. The summed E-state index contributed by atoms with van der Waals surface area (Å²) in [6.07, 6.45) is 0. The van der Waals surface area contributed by atoms with Crippen LogP contribution in [0.1, 0.15) is 17.3 Å². The number of hydrogen-bond donors (Lipinski definition) is 1. The number of sulfonamides is 1. The van der Waals surface area contributed by atoms with Gasteiger partial charge in [-0.15, -0.1) is 5.10 Å². The van der Waals surface area contributed by atoms with Gasteiger partial charge in [0.2, 0.25) is 4.80 Å². The number of Topliss-reactive ketones (excluding diaryl/α,β-unsaturated/α-hetero) is 1. The molecule has 6 nitrogen and oxygen atoms in total. The van der Waals surface area contributed by atoms with Crippen LogP contribution in [-0.4, -0.2) is 18.8 Å². The third-order valence-corrected chi connectivity index (χ3v) is 5.85. The number of aryl methyl sites for hydroxylation is 1. The zero-order valence-electron chi connectivity index (χ0n) is 13.1. The number of rotatable bonds is 4. The fraction of sp³-hybridized carbons (Fsp3) is 0.125. The van der Waals surface area contributed by atoms with Gasteiger partial charge in [-0.1, -0.05) is 35.6 Å². The maximum Gasteiger partial charge on any atom is 0.276 e. The molecule has 0 saturated carbocycles. The van der Waals surface area contributed by atoms with E-state index >= 15 is 0 Å². The minimum absolute atomic E-state index is 0.00251. The zero-order valence-corrected chi connectivity index (χ0v) is 14.7. The molecule has 0 aliphatic rings. The molecule has 1 N–H and O–H groups in total. The number of nitrogens with one attached hydrogen (secondary N) is 1. The van der Waals surface area contributed by atoms with Crippen molar-refractivity contribution in [1.82, 2.24) is 9.40 Å². The van der Waals surface area contributed by atoms with E-state index < -0.39 is 10.0 Å². The van der Waals surface area contributed by atoms with E-state index in [2.05, 4.69) is 9.93 Å². The Balaban J connectivity index is 1.98. The first-order valence-electron chi connectivity index (χ1n) is 7.09. The Labute approximate surface area is 143 Å². The number of nitrogens with zero attached hydrogens (tertiary/aromatic N) is 2. The Bertz CT molecular complexity index is 1090. The molecule has 0 radical (unpaired) electrons. The van der Waals surface area contributed by atoms with Crippen molar-refractivity contribution in [2.75, 3.05) is 0 Å². The quantitative estimate of drug-likeness (QED) is 0.572. The summed E-state index contributed by atoms with van der Waals surface area (Å²) in [5.41, 5.74) is 1.31. The average molecular weight is 361 g/mol. The predicted octanol–water partition coefficient (Wildman–Crippen LogP) is 2.24. The van der Waals surface area contributed by atoms with Crippen LogP contribution in [0.2, 0.25) is 0 Å². The lowest BCUT2D eigenvalue weighted by Gasteiger charge is -2.04. The van der Waals surface area contributed by atoms with Gasteiger partial charge in [-0.3, -0.25) is 4.79 Å². The Morgan fingerprint density at radius 3 is 2.62 bits per heavy atom. The minimum atomic E-state index is -3.84. The Morgan fingerprint density at radius 2 is 1.92 bits per heavy atom. The van der Waals surface area contributed by atoms with Crippen LogP contribution in [0.3, 0.4) is 0 Å². The monoisotopic (exact) mass is 361 g/mol. The number of carbonyl (C=O) groups excluding carboxylic acids is 1. The van der Waals surface area contributed by atoms with E-state index in [9.17, 15) is 13.2 Å². The summed E-state index contributed by atoms with van der Waals surface area (Å²) in [6, 6.07) is 13.6. The summed E-state index contributed by atoms with van der Waals surface area (Å²) in [5.74, 6) is -0.195. The zero-order chi connectivity index (χ0) is 17.3. The van der Waals surface area contributed by atoms with Gasteiger partial charge in [0.25, 0.3) is 10.0 Å². The van der Waals surface area contributed by atoms with Crippen LogP contribution in [0.4, 0.5) is 0 Å². The number of thiazole rings is 1. The van der Waals surface area contributed by atoms with Crippen LogP contribution < -0.4 is 9.63 Å². The fourth-order valence-corrected chi connectivity index (χ4v) is 4.11. The van der Waals surface area contributed by atoms with Crippen molar-refractivity contribution in [3.63, 3.8) is 0 Å². The summed E-state index contributed by atoms with van der Waals surface area (Å²) in [4.78, 5) is 14.2. The first kappa shape index (κ1) is 16.4. The lowest BCUT2D eigenvalue weighted by atomic mass is 10.2. The van der Waals surface area contributed by atoms with Crippen LogP contribution >= 0.6 is 11.3 Å². The van der Waals surface area contributed by atoms with Gasteiger partial charge in [0, 0.05) is 12.6 Å². The summed E-state index contributed by atoms with van der Waals surface area (Å²) in [7, 11) is -2.02. The van der Waals surface area contributed by atoms with Gasteiger partial charge in [0.15, 0.2) is 5.78 Å². The van der Waals surface area contributed by atoms with Gasteiger partial charge in [-0.2, -0.15) is 13.2 Å². The second kappa shape index (κ2) is 6.21. The first-order chi connectivity index (χ1) is 11.4. The van der Waals surface area contributed by atoms with E-state index in [0.29, 0.717) is 10.4 Å². The van der Waals surface area contributed by atoms with Crippen molar-refractivity contribution in [1.29, 1.82) is 0 Å². The third kappa shape index (κ3) is 3.10. The predicted molar refractivity (Wildman–Crippen MR) is 93.1 cm³/mol. The topological polar surface area (TPSA) is 80.5 Å². The molecular formula is C16H15N3O3S2. The highest BCUT2D eigenvalue weighted by Gasteiger charge is 2.14. The Morgan fingerprint density at radius 1 is 1.17 bits per heavy atom. The van der Waals surface area contributed by atoms with Crippen molar-refractivity contribution < 1.29 is 13.2 Å². The maximum atomic E-state index is 12.4. The molecule has 3 aromatic rings. The van der Waals surface area contributed by atoms with E-state index in [1.54, 1.807) is 6.07 Å². The first-order valence-corrected chi connectivity index (χ1v) is 9.39. The molecule has 0 spiro atoms. The largest absolute Gasteiger partial charge is 0.318 e. The second-order valence-electron chi connectivity index (χ2n) is 5.20. The third-order valence-electron chi connectivity index (χ3n) is 3.53. The minimum Gasteiger partial charge on any atom is -0.318 e. The number of benzene rings is 2. The molecule has 0 amide bonds. The van der Waals surface area contributed by atoms with Gasteiger partial charge >= 0.3 is 0 Å². The summed E-state index contributed by atoms with van der Waals surface area (Å²) in [5, 5.41) is 4.02. The van der Waals surface area contributed by atoms with E-state index in [0.717, 1.165) is 10.2 Å². The van der Waals surface area contributed by atoms with Crippen LogP contribution in [0.5, 0.6) is 0 Å². The molecule has 0 aliphatic carbocycles. The molecule has 0 fully saturated rings. The smallest absolute Gasteiger partial charge is 0.276 e. The van der Waals surface area contributed by atoms with Gasteiger partial charge in [-0.05, 0) is 31.2 Å². The van der Waals surface area contributed by atoms with Crippen LogP contribution in [-0.2, 0) is 17.1 Å². The molecule has 0 atom stereocenters. The molecule has 2 aromatic carbocycles. The number of hydrogen-bond acceptors (Lipinski definition) is 5. The van der Waals surface area contributed by atoms with E-state index in [-0.39, 0.29) is 10.7 Å². The molecule has 0 saturated heterocycles. The molecule has 1 heterocycles. The fourth-order valence-electron chi connectivity index (χ4n) is 2.22.